The van der Waals surface area contributed by atoms with Crippen molar-refractivity contribution in [1.82, 2.24) is 4.57 Å². The third kappa shape index (κ3) is 7.93. The van der Waals surface area contributed by atoms with E-state index < -0.39 is 30.4 Å². The second-order valence-electron chi connectivity index (χ2n) is 10.2. The quantitative estimate of drug-likeness (QED) is 0.202. The van der Waals surface area contributed by atoms with Gasteiger partial charge in [-0.2, -0.15) is 0 Å². The van der Waals surface area contributed by atoms with Crippen LogP contribution in [0.3, 0.4) is 0 Å². The van der Waals surface area contributed by atoms with Gasteiger partial charge in [0.25, 0.3) is 0 Å². The molecule has 1 heterocycles. The molecule has 1 aromatic heterocycles. The van der Waals surface area contributed by atoms with E-state index >= 15 is 0 Å². The number of nitrogens with zero attached hydrogens (tertiary/aromatic N) is 1. The zero-order valence-electron chi connectivity index (χ0n) is 23.3. The topological polar surface area (TPSA) is 105 Å². The fourth-order valence-electron chi connectivity index (χ4n) is 5.20. The van der Waals surface area contributed by atoms with Crippen LogP contribution in [0, 0.1) is 5.82 Å². The number of hydrogen-bond donors (Lipinski definition) is 1. The zero-order chi connectivity index (χ0) is 28.8. The molecule has 8 heteroatoms. The van der Waals surface area contributed by atoms with Gasteiger partial charge in [-0.3, -0.25) is 4.79 Å². The van der Waals surface area contributed by atoms with Crippen LogP contribution in [0.5, 0.6) is 0 Å². The van der Waals surface area contributed by atoms with Crippen molar-refractivity contribution in [1.29, 1.82) is 0 Å². The molecule has 4 rings (SSSR count). The van der Waals surface area contributed by atoms with Crippen molar-refractivity contribution < 1.29 is 29.3 Å². The summed E-state index contributed by atoms with van der Waals surface area (Å²) in [6.07, 6.45) is -3.30. The van der Waals surface area contributed by atoms with Crippen molar-refractivity contribution in [2.45, 2.75) is 57.8 Å². The summed E-state index contributed by atoms with van der Waals surface area (Å²) in [4.78, 5) is 25.0. The first-order chi connectivity index (χ1) is 19.2. The normalized spacial score (nSPS) is 12.5. The van der Waals surface area contributed by atoms with Crippen LogP contribution in [0.2, 0.25) is 0 Å². The van der Waals surface area contributed by atoms with Gasteiger partial charge in [0.15, 0.2) is 5.78 Å². The number of rotatable bonds is 12. The fourth-order valence-corrected chi connectivity index (χ4v) is 5.20. The standard InChI is InChI=1S/C33H33FNO5.Ca/c1-21(2)31-30(33(40)24-11-7-4-8-12-24)29(22-9-5-3-6-10-22)32(23-13-15-25(34)16-14-23)35(31)18-17-26(36)19-27(37)20-28(38)39;/h3-16,21,26-27,36H,17-20H2,1-2H3,(H,38,39);/q-1;+2/p-1. The van der Waals surface area contributed by atoms with Crippen molar-refractivity contribution in [2.24, 2.45) is 0 Å². The summed E-state index contributed by atoms with van der Waals surface area (Å²) in [5.74, 6) is -2.10. The van der Waals surface area contributed by atoms with Gasteiger partial charge < -0.3 is 24.7 Å². The molecule has 41 heavy (non-hydrogen) atoms. The van der Waals surface area contributed by atoms with E-state index in [1.807, 2.05) is 66.9 Å². The average Bonchev–Trinajstić information content (AvgIpc) is 3.27. The summed E-state index contributed by atoms with van der Waals surface area (Å²) in [6.45, 7) is 4.23. The van der Waals surface area contributed by atoms with Gasteiger partial charge in [-0.05, 0) is 60.6 Å². The van der Waals surface area contributed by atoms with Gasteiger partial charge in [0.2, 0.25) is 0 Å². The molecule has 0 amide bonds. The first-order valence-corrected chi connectivity index (χ1v) is 13.4. The van der Waals surface area contributed by atoms with E-state index in [2.05, 4.69) is 0 Å². The van der Waals surface area contributed by atoms with Crippen molar-refractivity contribution in [3.63, 3.8) is 0 Å². The monoisotopic (exact) mass is 581 g/mol. The number of carbonyl (C=O) groups is 2. The summed E-state index contributed by atoms with van der Waals surface area (Å²) in [7, 11) is 0. The summed E-state index contributed by atoms with van der Waals surface area (Å²) in [5.41, 5.74) is 4.74. The molecule has 0 aliphatic carbocycles. The predicted molar refractivity (Wildman–Crippen MR) is 154 cm³/mol. The molecule has 2 unspecified atom stereocenters. The number of carboxylic acid groups (broad SMARTS) is 1. The van der Waals surface area contributed by atoms with Crippen molar-refractivity contribution in [2.75, 3.05) is 0 Å². The Labute approximate surface area is 269 Å². The van der Waals surface area contributed by atoms with Crippen LogP contribution >= 0.6 is 0 Å². The fraction of sp³-hybridized carbons (Fsp3) is 0.273. The number of hydrogen-bond acceptors (Lipinski definition) is 5. The Morgan fingerprint density at radius 3 is 2.05 bits per heavy atom. The number of carbonyl (C=O) groups excluding carboxylic acids is 2. The Hall–Kier alpha value is -2.81. The van der Waals surface area contributed by atoms with E-state index in [1.54, 1.807) is 24.3 Å². The molecular weight excluding hydrogens is 549 g/mol. The van der Waals surface area contributed by atoms with Crippen LogP contribution in [-0.4, -0.2) is 71.4 Å². The smallest absolute Gasteiger partial charge is 0.852 e. The maximum atomic E-state index is 14.2. The molecule has 6 nitrogen and oxygen atoms in total. The van der Waals surface area contributed by atoms with E-state index in [0.29, 0.717) is 27.9 Å². The maximum absolute atomic E-state index is 14.2. The average molecular weight is 582 g/mol. The number of carboxylic acids is 1. The molecule has 0 aliphatic heterocycles. The van der Waals surface area contributed by atoms with Crippen molar-refractivity contribution >= 4 is 49.5 Å². The second-order valence-corrected chi connectivity index (χ2v) is 10.2. The Morgan fingerprint density at radius 1 is 0.902 bits per heavy atom. The summed E-state index contributed by atoms with van der Waals surface area (Å²) in [6, 6.07) is 24.6. The van der Waals surface area contributed by atoms with E-state index in [1.165, 1.54) is 12.1 Å². The van der Waals surface area contributed by atoms with Crippen LogP contribution in [-0.2, 0) is 11.3 Å². The Balaban J connectivity index is 0.00000462. The Bertz CT molecular complexity index is 1450. The van der Waals surface area contributed by atoms with E-state index in [4.69, 9.17) is 0 Å². The zero-order valence-corrected chi connectivity index (χ0v) is 25.5. The van der Waals surface area contributed by atoms with Gasteiger partial charge >= 0.3 is 37.7 Å². The van der Waals surface area contributed by atoms with Crippen molar-refractivity contribution in [3.05, 3.63) is 108 Å². The number of benzene rings is 3. The first-order valence-electron chi connectivity index (χ1n) is 13.4. The predicted octanol–water partition coefficient (Wildman–Crippen LogP) is 3.94. The number of aliphatic hydroxyl groups is 1. The van der Waals surface area contributed by atoms with E-state index in [-0.39, 0.29) is 68.8 Å². The number of halogens is 1. The van der Waals surface area contributed by atoms with Gasteiger partial charge in [0.05, 0.1) is 17.4 Å². The molecule has 0 spiro atoms. The maximum Gasteiger partial charge on any atom is 2.00 e. The Morgan fingerprint density at radius 2 is 1.49 bits per heavy atom. The molecule has 4 aromatic rings. The summed E-state index contributed by atoms with van der Waals surface area (Å²) >= 11 is 0. The number of aliphatic hydroxyl groups excluding tert-OH is 1. The minimum absolute atomic E-state index is 0. The largest absolute Gasteiger partial charge is 2.00 e. The van der Waals surface area contributed by atoms with Crippen LogP contribution in [0.15, 0.2) is 84.9 Å². The van der Waals surface area contributed by atoms with Crippen LogP contribution < -0.4 is 10.2 Å². The molecule has 0 aliphatic rings. The van der Waals surface area contributed by atoms with Gasteiger partial charge in [-0.15, -0.1) is 6.10 Å². The number of aliphatic carboxylic acids is 1. The van der Waals surface area contributed by atoms with Gasteiger partial charge in [0.1, 0.15) is 5.82 Å². The van der Waals surface area contributed by atoms with Crippen molar-refractivity contribution in [3.8, 4) is 22.4 Å². The third-order valence-corrected chi connectivity index (χ3v) is 6.91. The summed E-state index contributed by atoms with van der Waals surface area (Å²) in [5, 5.41) is 33.5. The van der Waals surface area contributed by atoms with Gasteiger partial charge in [-0.1, -0.05) is 74.5 Å². The molecule has 0 fully saturated rings. The first kappa shape index (κ1) is 32.7. The molecule has 0 saturated heterocycles. The molecule has 0 saturated carbocycles. The minimum atomic E-state index is -1.49. The number of ketones is 1. The number of aromatic nitrogens is 1. The molecule has 0 bridgehead atoms. The van der Waals surface area contributed by atoms with Crippen LogP contribution in [0.25, 0.3) is 22.4 Å². The molecule has 0 radical (unpaired) electrons. The molecule has 2 atom stereocenters. The van der Waals surface area contributed by atoms with Crippen LogP contribution in [0.4, 0.5) is 4.39 Å². The second kappa shape index (κ2) is 14.9. The van der Waals surface area contributed by atoms with E-state index in [9.17, 15) is 29.3 Å². The molecule has 3 aromatic carbocycles. The molecule has 208 valence electrons. The van der Waals surface area contributed by atoms with Crippen LogP contribution in [0.1, 0.15) is 60.6 Å². The summed E-state index contributed by atoms with van der Waals surface area (Å²) < 4.78 is 16.0. The van der Waals surface area contributed by atoms with Gasteiger partial charge in [0, 0.05) is 29.3 Å². The molecular formula is C33H32CaFNO5. The Kier molecular flexibility index (Phi) is 11.9. The SMILES string of the molecule is CC(C)c1c(C(=O)c2ccccc2)c(-c2ccccc2)c(-c2ccc(F)cc2)n1CCC(O)CC([O-])CC(=O)[O-].[Ca+2]. The van der Waals surface area contributed by atoms with Gasteiger partial charge in [-0.25, -0.2) is 4.39 Å². The third-order valence-electron chi connectivity index (χ3n) is 6.91. The molecule has 1 N–H and O–H groups in total. The van der Waals surface area contributed by atoms with E-state index in [0.717, 1.165) is 11.3 Å². The minimum Gasteiger partial charge on any atom is -0.852 e.